The van der Waals surface area contributed by atoms with Gasteiger partial charge < -0.3 is 4.74 Å². The monoisotopic (exact) mass is 262 g/mol. The summed E-state index contributed by atoms with van der Waals surface area (Å²) in [6.07, 6.45) is 2.00. The van der Waals surface area contributed by atoms with Gasteiger partial charge in [0, 0.05) is 6.04 Å². The highest BCUT2D eigenvalue weighted by molar-refractivity contribution is 7.07. The largest absolute Gasteiger partial charge is 0.497 e. The third-order valence-corrected chi connectivity index (χ3v) is 3.73. The highest BCUT2D eigenvalue weighted by atomic mass is 32.1. The van der Waals surface area contributed by atoms with Crippen molar-refractivity contribution in [2.45, 2.75) is 18.9 Å². The lowest BCUT2D eigenvalue weighted by atomic mass is 10.0. The van der Waals surface area contributed by atoms with Gasteiger partial charge in [-0.2, -0.15) is 11.3 Å². The van der Waals surface area contributed by atoms with E-state index >= 15 is 0 Å². The summed E-state index contributed by atoms with van der Waals surface area (Å²) in [5.74, 6) is 6.51. The van der Waals surface area contributed by atoms with Gasteiger partial charge in [-0.1, -0.05) is 12.1 Å². The Hall–Kier alpha value is -1.36. The van der Waals surface area contributed by atoms with Crippen LogP contribution in [0.5, 0.6) is 5.75 Å². The number of methoxy groups -OCH3 is 1. The number of aryl methyl sites for hydroxylation is 1. The topological polar surface area (TPSA) is 47.3 Å². The van der Waals surface area contributed by atoms with Crippen LogP contribution in [0.3, 0.4) is 0 Å². The van der Waals surface area contributed by atoms with Crippen LogP contribution in [0.1, 0.15) is 23.6 Å². The zero-order chi connectivity index (χ0) is 12.8. The van der Waals surface area contributed by atoms with E-state index in [2.05, 4.69) is 28.3 Å². The lowest BCUT2D eigenvalue weighted by Gasteiger charge is -2.16. The van der Waals surface area contributed by atoms with Crippen LogP contribution in [0.2, 0.25) is 0 Å². The molecular weight excluding hydrogens is 244 g/mol. The van der Waals surface area contributed by atoms with E-state index < -0.39 is 0 Å². The van der Waals surface area contributed by atoms with Gasteiger partial charge in [0.25, 0.3) is 0 Å². The number of thiophene rings is 1. The van der Waals surface area contributed by atoms with Crippen molar-refractivity contribution < 1.29 is 4.74 Å². The molecule has 3 N–H and O–H groups in total. The standard InChI is InChI=1S/C14H18N2OS/c1-17-13-4-2-3-12(9-13)14(16-15)6-5-11-7-8-18-10-11/h2-4,7-10,14,16H,5-6,15H2,1H3. The van der Waals surface area contributed by atoms with Crippen molar-refractivity contribution in [1.82, 2.24) is 5.43 Å². The molecule has 0 aliphatic rings. The molecule has 1 atom stereocenters. The van der Waals surface area contributed by atoms with Crippen LogP contribution in [0.4, 0.5) is 0 Å². The number of nitrogens with two attached hydrogens (primary N) is 1. The van der Waals surface area contributed by atoms with E-state index in [-0.39, 0.29) is 6.04 Å². The second-order valence-electron chi connectivity index (χ2n) is 4.17. The molecule has 0 bridgehead atoms. The van der Waals surface area contributed by atoms with Crippen LogP contribution in [0, 0.1) is 0 Å². The average Bonchev–Trinajstić information content (AvgIpc) is 2.93. The molecule has 4 heteroatoms. The van der Waals surface area contributed by atoms with Crippen molar-refractivity contribution in [2.24, 2.45) is 5.84 Å². The first-order valence-corrected chi connectivity index (χ1v) is 6.89. The Morgan fingerprint density at radius 1 is 1.39 bits per heavy atom. The fraction of sp³-hybridized carbons (Fsp3) is 0.286. The highest BCUT2D eigenvalue weighted by Gasteiger charge is 2.10. The van der Waals surface area contributed by atoms with Gasteiger partial charge in [-0.3, -0.25) is 11.3 Å². The first-order chi connectivity index (χ1) is 8.83. The first kappa shape index (κ1) is 13.1. The first-order valence-electron chi connectivity index (χ1n) is 5.94. The van der Waals surface area contributed by atoms with Gasteiger partial charge in [0.15, 0.2) is 0 Å². The predicted molar refractivity (Wildman–Crippen MR) is 75.7 cm³/mol. The SMILES string of the molecule is COc1cccc(C(CCc2ccsc2)NN)c1. The molecule has 0 fully saturated rings. The molecule has 18 heavy (non-hydrogen) atoms. The van der Waals surface area contributed by atoms with Crippen LogP contribution in [0.25, 0.3) is 0 Å². The maximum Gasteiger partial charge on any atom is 0.119 e. The Kier molecular flexibility index (Phi) is 4.75. The van der Waals surface area contributed by atoms with E-state index in [0.717, 1.165) is 24.2 Å². The summed E-state index contributed by atoms with van der Waals surface area (Å²) >= 11 is 1.73. The van der Waals surface area contributed by atoms with Crippen LogP contribution >= 0.6 is 11.3 Å². The third-order valence-electron chi connectivity index (χ3n) is 3.00. The molecule has 1 unspecified atom stereocenters. The number of hydrogen-bond donors (Lipinski definition) is 2. The van der Waals surface area contributed by atoms with Crippen molar-refractivity contribution in [3.8, 4) is 5.75 Å². The van der Waals surface area contributed by atoms with Crippen molar-refractivity contribution in [1.29, 1.82) is 0 Å². The highest BCUT2D eigenvalue weighted by Crippen LogP contribution is 2.23. The molecule has 96 valence electrons. The zero-order valence-corrected chi connectivity index (χ0v) is 11.2. The average molecular weight is 262 g/mol. The molecule has 3 nitrogen and oxygen atoms in total. The number of benzene rings is 1. The van der Waals surface area contributed by atoms with E-state index in [0.29, 0.717) is 0 Å². The molecule has 1 heterocycles. The summed E-state index contributed by atoms with van der Waals surface area (Å²) in [7, 11) is 1.68. The van der Waals surface area contributed by atoms with E-state index in [1.165, 1.54) is 5.56 Å². The van der Waals surface area contributed by atoms with Crippen molar-refractivity contribution >= 4 is 11.3 Å². The second kappa shape index (κ2) is 6.54. The minimum atomic E-state index is 0.153. The van der Waals surface area contributed by atoms with Crippen molar-refractivity contribution in [2.75, 3.05) is 7.11 Å². The molecule has 0 saturated carbocycles. The summed E-state index contributed by atoms with van der Waals surface area (Å²) in [5.41, 5.74) is 5.40. The van der Waals surface area contributed by atoms with E-state index in [1.807, 2.05) is 18.2 Å². The molecule has 0 amide bonds. The van der Waals surface area contributed by atoms with Crippen LogP contribution in [-0.2, 0) is 6.42 Å². The van der Waals surface area contributed by atoms with Crippen LogP contribution in [0.15, 0.2) is 41.1 Å². The van der Waals surface area contributed by atoms with Gasteiger partial charge in [-0.05, 0) is 52.9 Å². The molecule has 1 aromatic heterocycles. The fourth-order valence-electron chi connectivity index (χ4n) is 1.95. The van der Waals surface area contributed by atoms with Gasteiger partial charge >= 0.3 is 0 Å². The minimum Gasteiger partial charge on any atom is -0.497 e. The normalized spacial score (nSPS) is 12.3. The maximum atomic E-state index is 5.65. The molecule has 0 aliphatic carbocycles. The van der Waals surface area contributed by atoms with E-state index in [1.54, 1.807) is 18.4 Å². The molecule has 0 radical (unpaired) electrons. The number of hydrogen-bond acceptors (Lipinski definition) is 4. The van der Waals surface area contributed by atoms with Gasteiger partial charge in [0.2, 0.25) is 0 Å². The third kappa shape index (κ3) is 3.32. The maximum absolute atomic E-state index is 5.65. The predicted octanol–water partition coefficient (Wildman–Crippen LogP) is 2.89. The molecule has 2 aromatic rings. The molecule has 2 rings (SSSR count). The summed E-state index contributed by atoms with van der Waals surface area (Å²) in [4.78, 5) is 0. The molecule has 0 saturated heterocycles. The Bertz CT molecular complexity index is 470. The minimum absolute atomic E-state index is 0.153. The Morgan fingerprint density at radius 3 is 2.94 bits per heavy atom. The number of rotatable bonds is 6. The zero-order valence-electron chi connectivity index (χ0n) is 10.4. The Labute approximate surface area is 112 Å². The second-order valence-corrected chi connectivity index (χ2v) is 4.95. The van der Waals surface area contributed by atoms with Crippen LogP contribution in [-0.4, -0.2) is 7.11 Å². The summed E-state index contributed by atoms with van der Waals surface area (Å²) in [6.45, 7) is 0. The summed E-state index contributed by atoms with van der Waals surface area (Å²) in [5, 5.41) is 4.28. The van der Waals surface area contributed by atoms with E-state index in [9.17, 15) is 0 Å². The Morgan fingerprint density at radius 2 is 2.28 bits per heavy atom. The summed E-state index contributed by atoms with van der Waals surface area (Å²) < 4.78 is 5.23. The quantitative estimate of drug-likeness (QED) is 0.621. The smallest absolute Gasteiger partial charge is 0.119 e. The van der Waals surface area contributed by atoms with Crippen molar-refractivity contribution in [3.63, 3.8) is 0 Å². The number of ether oxygens (including phenoxy) is 1. The molecule has 1 aromatic carbocycles. The lowest BCUT2D eigenvalue weighted by molar-refractivity contribution is 0.412. The Balaban J connectivity index is 2.03. The van der Waals surface area contributed by atoms with Gasteiger partial charge in [-0.25, -0.2) is 0 Å². The number of nitrogens with one attached hydrogen (secondary N) is 1. The van der Waals surface area contributed by atoms with E-state index in [4.69, 9.17) is 10.6 Å². The van der Waals surface area contributed by atoms with Crippen molar-refractivity contribution in [3.05, 3.63) is 52.2 Å². The van der Waals surface area contributed by atoms with Gasteiger partial charge in [-0.15, -0.1) is 0 Å². The fourth-order valence-corrected chi connectivity index (χ4v) is 2.65. The molecular formula is C14H18N2OS. The molecule has 0 spiro atoms. The summed E-state index contributed by atoms with van der Waals surface area (Å²) in [6, 6.07) is 10.3. The van der Waals surface area contributed by atoms with Gasteiger partial charge in [0.1, 0.15) is 5.75 Å². The lowest BCUT2D eigenvalue weighted by Crippen LogP contribution is -2.28. The molecule has 0 aliphatic heterocycles. The number of hydrazine groups is 1. The van der Waals surface area contributed by atoms with Crippen LogP contribution < -0.4 is 16.0 Å². The van der Waals surface area contributed by atoms with Gasteiger partial charge in [0.05, 0.1) is 7.11 Å².